The SMILES string of the molecule is CC1CCc2c(sc(/N=C/c3cccc([N+](=O)[O-])c3)c2C#N)C1. The smallest absolute Gasteiger partial charge is 0.258 e. The fourth-order valence-corrected chi connectivity index (χ4v) is 4.10. The molecule has 0 saturated carbocycles. The number of fused-ring (bicyclic) bond motifs is 1. The van der Waals surface area contributed by atoms with Gasteiger partial charge in [-0.2, -0.15) is 5.26 Å². The van der Waals surface area contributed by atoms with Gasteiger partial charge in [-0.05, 0) is 36.3 Å². The minimum absolute atomic E-state index is 0.0359. The lowest BCUT2D eigenvalue weighted by Crippen LogP contribution is -2.09. The van der Waals surface area contributed by atoms with E-state index in [1.54, 1.807) is 29.7 Å². The largest absolute Gasteiger partial charge is 0.270 e. The van der Waals surface area contributed by atoms with Gasteiger partial charge in [-0.1, -0.05) is 19.1 Å². The van der Waals surface area contributed by atoms with Crippen molar-refractivity contribution in [3.63, 3.8) is 0 Å². The summed E-state index contributed by atoms with van der Waals surface area (Å²) >= 11 is 1.57. The van der Waals surface area contributed by atoms with Crippen LogP contribution in [0.15, 0.2) is 29.3 Å². The fraction of sp³-hybridized carbons (Fsp3) is 0.294. The van der Waals surface area contributed by atoms with Crippen LogP contribution in [-0.4, -0.2) is 11.1 Å². The van der Waals surface area contributed by atoms with E-state index in [9.17, 15) is 15.4 Å². The van der Waals surface area contributed by atoms with Crippen molar-refractivity contribution in [3.8, 4) is 6.07 Å². The number of nitro groups is 1. The molecule has 0 spiro atoms. The predicted molar refractivity (Wildman–Crippen MR) is 90.6 cm³/mol. The molecule has 1 aromatic heterocycles. The second-order valence-corrected chi connectivity index (χ2v) is 6.84. The van der Waals surface area contributed by atoms with Gasteiger partial charge in [0.05, 0.1) is 10.5 Å². The highest BCUT2D eigenvalue weighted by Crippen LogP contribution is 2.40. The number of thiophene rings is 1. The summed E-state index contributed by atoms with van der Waals surface area (Å²) in [5, 5.41) is 21.0. The first-order chi connectivity index (χ1) is 11.1. The number of benzene rings is 1. The topological polar surface area (TPSA) is 79.3 Å². The summed E-state index contributed by atoms with van der Waals surface area (Å²) in [5.41, 5.74) is 2.50. The maximum absolute atomic E-state index is 10.8. The summed E-state index contributed by atoms with van der Waals surface area (Å²) in [7, 11) is 0. The number of nitro benzene ring substituents is 1. The highest BCUT2D eigenvalue weighted by atomic mass is 32.1. The monoisotopic (exact) mass is 325 g/mol. The second kappa shape index (κ2) is 6.31. The van der Waals surface area contributed by atoms with Gasteiger partial charge in [0.25, 0.3) is 5.69 Å². The van der Waals surface area contributed by atoms with Gasteiger partial charge in [-0.3, -0.25) is 10.1 Å². The molecule has 1 aromatic carbocycles. The molecule has 0 saturated heterocycles. The van der Waals surface area contributed by atoms with Crippen molar-refractivity contribution in [3.05, 3.63) is 55.9 Å². The molecule has 5 nitrogen and oxygen atoms in total. The molecule has 0 bridgehead atoms. The normalized spacial score (nSPS) is 17.0. The molecule has 0 N–H and O–H groups in total. The zero-order valence-electron chi connectivity index (χ0n) is 12.7. The van der Waals surface area contributed by atoms with Crippen LogP contribution in [0.1, 0.15) is 34.9 Å². The molecule has 6 heteroatoms. The van der Waals surface area contributed by atoms with Crippen LogP contribution in [-0.2, 0) is 12.8 Å². The Morgan fingerprint density at radius 1 is 1.52 bits per heavy atom. The molecule has 1 aliphatic carbocycles. The van der Waals surface area contributed by atoms with E-state index in [4.69, 9.17) is 0 Å². The summed E-state index contributed by atoms with van der Waals surface area (Å²) in [6.07, 6.45) is 4.63. The van der Waals surface area contributed by atoms with Gasteiger partial charge in [0, 0.05) is 23.2 Å². The van der Waals surface area contributed by atoms with Gasteiger partial charge in [-0.15, -0.1) is 11.3 Å². The van der Waals surface area contributed by atoms with Gasteiger partial charge in [0.15, 0.2) is 0 Å². The van der Waals surface area contributed by atoms with Crippen molar-refractivity contribution in [2.75, 3.05) is 0 Å². The Bertz CT molecular complexity index is 833. The number of rotatable bonds is 3. The average Bonchev–Trinajstić information content (AvgIpc) is 2.89. The Hall–Kier alpha value is -2.52. The maximum Gasteiger partial charge on any atom is 0.270 e. The molecule has 3 rings (SSSR count). The van der Waals surface area contributed by atoms with Crippen molar-refractivity contribution >= 4 is 28.2 Å². The van der Waals surface area contributed by atoms with E-state index in [0.717, 1.165) is 24.8 Å². The molecule has 0 fully saturated rings. The van der Waals surface area contributed by atoms with Crippen LogP contribution >= 0.6 is 11.3 Å². The molecular weight excluding hydrogens is 310 g/mol. The number of nitrogens with zero attached hydrogens (tertiary/aromatic N) is 3. The highest BCUT2D eigenvalue weighted by Gasteiger charge is 2.23. The number of hydrogen-bond donors (Lipinski definition) is 0. The summed E-state index contributed by atoms with van der Waals surface area (Å²) in [5.74, 6) is 0.640. The molecule has 1 heterocycles. The van der Waals surface area contributed by atoms with Gasteiger partial charge in [0.2, 0.25) is 0 Å². The van der Waals surface area contributed by atoms with E-state index < -0.39 is 4.92 Å². The van der Waals surface area contributed by atoms with E-state index >= 15 is 0 Å². The quantitative estimate of drug-likeness (QED) is 0.476. The van der Waals surface area contributed by atoms with Crippen LogP contribution in [0.5, 0.6) is 0 Å². The Morgan fingerprint density at radius 3 is 3.09 bits per heavy atom. The van der Waals surface area contributed by atoms with Crippen molar-refractivity contribution in [1.29, 1.82) is 5.26 Å². The molecule has 1 atom stereocenters. The molecular formula is C17H15N3O2S. The summed E-state index contributed by atoms with van der Waals surface area (Å²) in [6, 6.07) is 8.59. The summed E-state index contributed by atoms with van der Waals surface area (Å²) in [4.78, 5) is 16.1. The van der Waals surface area contributed by atoms with Crippen molar-refractivity contribution in [2.24, 2.45) is 10.9 Å². The van der Waals surface area contributed by atoms with Gasteiger partial charge in [-0.25, -0.2) is 4.99 Å². The third kappa shape index (κ3) is 3.15. The second-order valence-electron chi connectivity index (χ2n) is 5.75. The van der Waals surface area contributed by atoms with Gasteiger partial charge >= 0.3 is 0 Å². The number of nitriles is 1. The summed E-state index contributed by atoms with van der Waals surface area (Å²) < 4.78 is 0. The van der Waals surface area contributed by atoms with Crippen LogP contribution in [0, 0.1) is 27.4 Å². The lowest BCUT2D eigenvalue weighted by atomic mass is 9.89. The molecule has 0 aliphatic heterocycles. The van der Waals surface area contributed by atoms with E-state index in [-0.39, 0.29) is 5.69 Å². The number of aliphatic imine (C=N–C) groups is 1. The third-order valence-corrected chi connectivity index (χ3v) is 5.18. The standard InChI is InChI=1S/C17H15N3O2S/c1-11-5-6-14-15(9-18)17(23-16(14)7-11)19-10-12-3-2-4-13(8-12)20(21)22/h2-4,8,10-11H,5-7H2,1H3/b19-10+. The predicted octanol–water partition coefficient (Wildman–Crippen LogP) is 4.40. The lowest BCUT2D eigenvalue weighted by molar-refractivity contribution is -0.384. The molecule has 23 heavy (non-hydrogen) atoms. The first-order valence-electron chi connectivity index (χ1n) is 7.41. The van der Waals surface area contributed by atoms with E-state index in [0.29, 0.717) is 22.0 Å². The first-order valence-corrected chi connectivity index (χ1v) is 8.23. The van der Waals surface area contributed by atoms with E-state index in [1.165, 1.54) is 17.0 Å². The van der Waals surface area contributed by atoms with E-state index in [2.05, 4.69) is 18.0 Å². The van der Waals surface area contributed by atoms with Crippen LogP contribution < -0.4 is 0 Å². The minimum atomic E-state index is -0.427. The molecule has 1 aliphatic rings. The van der Waals surface area contributed by atoms with Crippen molar-refractivity contribution in [2.45, 2.75) is 26.2 Å². The Morgan fingerprint density at radius 2 is 2.35 bits per heavy atom. The molecule has 0 radical (unpaired) electrons. The van der Waals surface area contributed by atoms with Crippen LogP contribution in [0.4, 0.5) is 10.7 Å². The molecule has 116 valence electrons. The van der Waals surface area contributed by atoms with Crippen molar-refractivity contribution in [1.82, 2.24) is 0 Å². The zero-order chi connectivity index (χ0) is 16.4. The van der Waals surface area contributed by atoms with Gasteiger partial charge in [0.1, 0.15) is 11.1 Å². The lowest BCUT2D eigenvalue weighted by Gasteiger charge is -2.17. The molecule has 0 amide bonds. The van der Waals surface area contributed by atoms with E-state index in [1.807, 2.05) is 0 Å². The fourth-order valence-electron chi connectivity index (χ4n) is 2.79. The van der Waals surface area contributed by atoms with Gasteiger partial charge < -0.3 is 0 Å². The molecule has 1 unspecified atom stereocenters. The Balaban J connectivity index is 1.93. The van der Waals surface area contributed by atoms with Crippen LogP contribution in [0.25, 0.3) is 0 Å². The summed E-state index contributed by atoms with van der Waals surface area (Å²) in [6.45, 7) is 2.22. The third-order valence-electron chi connectivity index (χ3n) is 4.02. The molecule has 2 aromatic rings. The number of non-ortho nitro benzene ring substituents is 1. The zero-order valence-corrected chi connectivity index (χ0v) is 13.5. The minimum Gasteiger partial charge on any atom is -0.258 e. The Labute approximate surface area is 138 Å². The average molecular weight is 325 g/mol. The maximum atomic E-state index is 10.8. The number of hydrogen-bond acceptors (Lipinski definition) is 5. The van der Waals surface area contributed by atoms with Crippen LogP contribution in [0.2, 0.25) is 0 Å². The van der Waals surface area contributed by atoms with Crippen molar-refractivity contribution < 1.29 is 4.92 Å². The first kappa shape index (κ1) is 15.4. The van der Waals surface area contributed by atoms with Crippen LogP contribution in [0.3, 0.4) is 0 Å². The Kier molecular flexibility index (Phi) is 4.22. The highest BCUT2D eigenvalue weighted by molar-refractivity contribution is 7.16.